The molecule has 3 rings (SSSR count). The molecule has 1 aliphatic heterocycles. The van der Waals surface area contributed by atoms with Gasteiger partial charge in [0, 0.05) is 19.1 Å². The highest BCUT2D eigenvalue weighted by Crippen LogP contribution is 2.27. The first-order valence-corrected chi connectivity index (χ1v) is 7.33. The maximum Gasteiger partial charge on any atom is 0.229 e. The predicted octanol–water partition coefficient (Wildman–Crippen LogP) is 2.18. The summed E-state index contributed by atoms with van der Waals surface area (Å²) in [5.41, 5.74) is 2.46. The Morgan fingerprint density at radius 3 is 2.95 bits per heavy atom. The first-order chi connectivity index (χ1) is 9.24. The van der Waals surface area contributed by atoms with Crippen LogP contribution in [0.15, 0.2) is 24.3 Å². The van der Waals surface area contributed by atoms with E-state index >= 15 is 0 Å². The van der Waals surface area contributed by atoms with Gasteiger partial charge >= 0.3 is 0 Å². The van der Waals surface area contributed by atoms with Crippen LogP contribution in [0.1, 0.15) is 43.2 Å². The first-order valence-electron chi connectivity index (χ1n) is 7.33. The van der Waals surface area contributed by atoms with E-state index in [4.69, 9.17) is 0 Å². The third-order valence-electron chi connectivity index (χ3n) is 4.45. The minimum atomic E-state index is -0.0270. The summed E-state index contributed by atoms with van der Waals surface area (Å²) in [6, 6.07) is 8.66. The van der Waals surface area contributed by atoms with Crippen LogP contribution in [-0.2, 0) is 11.3 Å². The zero-order valence-electron chi connectivity index (χ0n) is 11.5. The third kappa shape index (κ3) is 2.66. The topological polar surface area (TPSA) is 41.1 Å². The van der Waals surface area contributed by atoms with E-state index in [1.54, 1.807) is 0 Å². The summed E-state index contributed by atoms with van der Waals surface area (Å²) in [6.45, 7) is 3.90. The second kappa shape index (κ2) is 5.33. The summed E-state index contributed by atoms with van der Waals surface area (Å²) in [5.74, 6) is 0.918. The standard InChI is InChI=1S/C16H22N2O/c1-11-6-7-13(8-11)18-16(19)15-10-17-9-12-4-2-3-5-14(12)15/h2-5,11,13,15,17H,6-10H2,1H3,(H,18,19). The summed E-state index contributed by atoms with van der Waals surface area (Å²) >= 11 is 0. The molecule has 1 saturated carbocycles. The molecule has 0 radical (unpaired) electrons. The van der Waals surface area contributed by atoms with Gasteiger partial charge in [-0.05, 0) is 36.3 Å². The van der Waals surface area contributed by atoms with Crippen LogP contribution >= 0.6 is 0 Å². The Hall–Kier alpha value is -1.35. The Bertz CT molecular complexity index is 472. The molecule has 1 fully saturated rings. The van der Waals surface area contributed by atoms with Crippen molar-refractivity contribution in [2.75, 3.05) is 6.54 Å². The molecule has 0 bridgehead atoms. The van der Waals surface area contributed by atoms with E-state index in [2.05, 4.69) is 29.7 Å². The molecule has 2 N–H and O–H groups in total. The van der Waals surface area contributed by atoms with E-state index in [0.717, 1.165) is 31.8 Å². The van der Waals surface area contributed by atoms with Crippen molar-refractivity contribution in [1.29, 1.82) is 0 Å². The van der Waals surface area contributed by atoms with Crippen molar-refractivity contribution in [3.63, 3.8) is 0 Å². The zero-order chi connectivity index (χ0) is 13.2. The van der Waals surface area contributed by atoms with Crippen LogP contribution in [-0.4, -0.2) is 18.5 Å². The monoisotopic (exact) mass is 258 g/mol. The van der Waals surface area contributed by atoms with Gasteiger partial charge in [0.15, 0.2) is 0 Å². The lowest BCUT2D eigenvalue weighted by molar-refractivity contribution is -0.123. The van der Waals surface area contributed by atoms with Crippen molar-refractivity contribution in [2.45, 2.75) is 44.7 Å². The predicted molar refractivity (Wildman–Crippen MR) is 75.8 cm³/mol. The number of carbonyl (C=O) groups is 1. The number of amides is 1. The molecule has 3 unspecified atom stereocenters. The number of fused-ring (bicyclic) bond motifs is 1. The number of rotatable bonds is 2. The van der Waals surface area contributed by atoms with Crippen molar-refractivity contribution in [3.05, 3.63) is 35.4 Å². The average molecular weight is 258 g/mol. The normalized spacial score (nSPS) is 29.8. The summed E-state index contributed by atoms with van der Waals surface area (Å²) < 4.78 is 0. The molecule has 1 aliphatic carbocycles. The number of nitrogens with one attached hydrogen (secondary N) is 2. The van der Waals surface area contributed by atoms with Crippen LogP contribution in [0, 0.1) is 5.92 Å². The lowest BCUT2D eigenvalue weighted by atomic mass is 9.90. The van der Waals surface area contributed by atoms with Crippen LogP contribution in [0.25, 0.3) is 0 Å². The minimum Gasteiger partial charge on any atom is -0.353 e. The smallest absolute Gasteiger partial charge is 0.229 e. The van der Waals surface area contributed by atoms with Crippen molar-refractivity contribution < 1.29 is 4.79 Å². The molecule has 1 heterocycles. The molecule has 0 saturated heterocycles. The lowest BCUT2D eigenvalue weighted by Gasteiger charge is -2.26. The van der Waals surface area contributed by atoms with E-state index in [9.17, 15) is 4.79 Å². The average Bonchev–Trinajstić information content (AvgIpc) is 2.83. The zero-order valence-corrected chi connectivity index (χ0v) is 11.5. The van der Waals surface area contributed by atoms with E-state index in [0.29, 0.717) is 6.04 Å². The third-order valence-corrected chi connectivity index (χ3v) is 4.45. The maximum absolute atomic E-state index is 12.5. The summed E-state index contributed by atoms with van der Waals surface area (Å²) in [6.07, 6.45) is 3.51. The van der Waals surface area contributed by atoms with Gasteiger partial charge in [-0.2, -0.15) is 0 Å². The van der Waals surface area contributed by atoms with Crippen molar-refractivity contribution in [3.8, 4) is 0 Å². The highest BCUT2D eigenvalue weighted by molar-refractivity contribution is 5.85. The molecule has 1 aromatic rings. The number of hydrogen-bond acceptors (Lipinski definition) is 2. The van der Waals surface area contributed by atoms with Crippen LogP contribution in [0.3, 0.4) is 0 Å². The van der Waals surface area contributed by atoms with Crippen molar-refractivity contribution >= 4 is 5.91 Å². The summed E-state index contributed by atoms with van der Waals surface area (Å²) in [5, 5.41) is 6.59. The van der Waals surface area contributed by atoms with E-state index in [-0.39, 0.29) is 11.8 Å². The fraction of sp³-hybridized carbons (Fsp3) is 0.562. The molecule has 19 heavy (non-hydrogen) atoms. The summed E-state index contributed by atoms with van der Waals surface area (Å²) in [7, 11) is 0. The Kier molecular flexibility index (Phi) is 3.56. The minimum absolute atomic E-state index is 0.0270. The van der Waals surface area contributed by atoms with Gasteiger partial charge in [0.1, 0.15) is 0 Å². The SMILES string of the molecule is CC1CCC(NC(=O)C2CNCc3ccccc32)C1. The van der Waals surface area contributed by atoms with Crippen LogP contribution < -0.4 is 10.6 Å². The molecule has 1 amide bonds. The fourth-order valence-electron chi connectivity index (χ4n) is 3.37. The van der Waals surface area contributed by atoms with Gasteiger partial charge in [0.25, 0.3) is 0 Å². The Morgan fingerprint density at radius 1 is 1.32 bits per heavy atom. The Morgan fingerprint density at radius 2 is 2.16 bits per heavy atom. The van der Waals surface area contributed by atoms with Gasteiger partial charge in [-0.3, -0.25) is 4.79 Å². The number of benzene rings is 1. The quantitative estimate of drug-likeness (QED) is 0.853. The Balaban J connectivity index is 1.71. The van der Waals surface area contributed by atoms with Gasteiger partial charge in [-0.1, -0.05) is 31.2 Å². The van der Waals surface area contributed by atoms with Gasteiger partial charge in [-0.25, -0.2) is 0 Å². The van der Waals surface area contributed by atoms with Gasteiger partial charge < -0.3 is 10.6 Å². The molecule has 3 atom stereocenters. The second-order valence-electron chi connectivity index (χ2n) is 6.01. The highest BCUT2D eigenvalue weighted by atomic mass is 16.2. The van der Waals surface area contributed by atoms with Crippen LogP contribution in [0.5, 0.6) is 0 Å². The molecule has 0 spiro atoms. The van der Waals surface area contributed by atoms with Crippen molar-refractivity contribution in [1.82, 2.24) is 10.6 Å². The Labute approximate surface area is 114 Å². The molecular formula is C16H22N2O. The number of carbonyl (C=O) groups excluding carboxylic acids is 1. The van der Waals surface area contributed by atoms with E-state index < -0.39 is 0 Å². The summed E-state index contributed by atoms with van der Waals surface area (Å²) in [4.78, 5) is 12.5. The second-order valence-corrected chi connectivity index (χ2v) is 6.01. The molecular weight excluding hydrogens is 236 g/mol. The van der Waals surface area contributed by atoms with Gasteiger partial charge in [0.2, 0.25) is 5.91 Å². The number of hydrogen-bond donors (Lipinski definition) is 2. The first kappa shape index (κ1) is 12.7. The highest BCUT2D eigenvalue weighted by Gasteiger charge is 2.29. The van der Waals surface area contributed by atoms with Crippen molar-refractivity contribution in [2.24, 2.45) is 5.92 Å². The maximum atomic E-state index is 12.5. The van der Waals surface area contributed by atoms with Crippen LogP contribution in [0.4, 0.5) is 0 Å². The molecule has 3 heteroatoms. The fourth-order valence-corrected chi connectivity index (χ4v) is 3.37. The molecule has 3 nitrogen and oxygen atoms in total. The largest absolute Gasteiger partial charge is 0.353 e. The lowest BCUT2D eigenvalue weighted by Crippen LogP contribution is -2.42. The van der Waals surface area contributed by atoms with Crippen LogP contribution in [0.2, 0.25) is 0 Å². The van der Waals surface area contributed by atoms with Gasteiger partial charge in [-0.15, -0.1) is 0 Å². The molecule has 0 aromatic heterocycles. The molecule has 1 aromatic carbocycles. The van der Waals surface area contributed by atoms with E-state index in [1.165, 1.54) is 17.5 Å². The molecule has 2 aliphatic rings. The van der Waals surface area contributed by atoms with E-state index in [1.807, 2.05) is 12.1 Å². The molecule has 102 valence electrons. The van der Waals surface area contributed by atoms with Gasteiger partial charge in [0.05, 0.1) is 5.92 Å².